The van der Waals surface area contributed by atoms with E-state index >= 15 is 0 Å². The third kappa shape index (κ3) is 4.26. The molecule has 28 heavy (non-hydrogen) atoms. The summed E-state index contributed by atoms with van der Waals surface area (Å²) >= 11 is 0. The number of imidazole rings is 1. The van der Waals surface area contributed by atoms with Gasteiger partial charge in [0.15, 0.2) is 0 Å². The summed E-state index contributed by atoms with van der Waals surface area (Å²) in [6, 6.07) is 9.68. The Kier molecular flexibility index (Phi) is 4.93. The highest BCUT2D eigenvalue weighted by molar-refractivity contribution is 7.89. The molecule has 2 heterocycles. The number of carbonyl (C=O) groups excluding carboxylic acids is 1. The van der Waals surface area contributed by atoms with E-state index in [2.05, 4.69) is 20.0 Å². The summed E-state index contributed by atoms with van der Waals surface area (Å²) < 4.78 is 28.7. The lowest BCUT2D eigenvalue weighted by atomic mass is 10.2. The van der Waals surface area contributed by atoms with Crippen LogP contribution in [0, 0.1) is 0 Å². The molecule has 144 valence electrons. The van der Waals surface area contributed by atoms with Crippen LogP contribution in [0.3, 0.4) is 0 Å². The molecule has 2 N–H and O–H groups in total. The highest BCUT2D eigenvalue weighted by Crippen LogP contribution is 2.22. The first kappa shape index (κ1) is 18.3. The summed E-state index contributed by atoms with van der Waals surface area (Å²) in [5.74, 6) is 0.460. The molecule has 0 atom stereocenters. The Hall–Kier alpha value is -3.04. The minimum Gasteiger partial charge on any atom is -0.348 e. The quantitative estimate of drug-likeness (QED) is 0.630. The first-order valence-corrected chi connectivity index (χ1v) is 10.3. The standard InChI is InChI=1S/C19H19N5O3S/c25-19(15-2-6-17(7-3-15)28(26,27)23-16-4-5-16)22-12-14-1-8-18(21-11-14)24-10-9-20-13-24/h1-3,6-11,13,16,23H,4-5,12H2,(H,22,25). The zero-order valence-electron chi connectivity index (χ0n) is 14.9. The number of rotatable bonds is 7. The maximum absolute atomic E-state index is 12.3. The van der Waals surface area contributed by atoms with E-state index in [0.29, 0.717) is 12.1 Å². The Morgan fingerprint density at radius 3 is 2.54 bits per heavy atom. The average Bonchev–Trinajstić information content (AvgIpc) is 3.33. The fourth-order valence-electron chi connectivity index (χ4n) is 2.63. The third-order valence-electron chi connectivity index (χ3n) is 4.36. The van der Waals surface area contributed by atoms with Crippen molar-refractivity contribution in [2.45, 2.75) is 30.3 Å². The Labute approximate surface area is 162 Å². The van der Waals surface area contributed by atoms with E-state index in [-0.39, 0.29) is 16.8 Å². The van der Waals surface area contributed by atoms with Crippen molar-refractivity contribution in [3.8, 4) is 5.82 Å². The second kappa shape index (κ2) is 7.53. The molecule has 4 rings (SSSR count). The second-order valence-electron chi connectivity index (χ2n) is 6.60. The molecule has 0 saturated heterocycles. The number of nitrogens with zero attached hydrogens (tertiary/aromatic N) is 3. The van der Waals surface area contributed by atoms with Gasteiger partial charge in [0.2, 0.25) is 10.0 Å². The summed E-state index contributed by atoms with van der Waals surface area (Å²) in [7, 11) is -3.51. The number of hydrogen-bond acceptors (Lipinski definition) is 5. The van der Waals surface area contributed by atoms with Gasteiger partial charge in [0, 0.05) is 36.7 Å². The van der Waals surface area contributed by atoms with Crippen molar-refractivity contribution in [2.24, 2.45) is 0 Å². The molecule has 1 aromatic carbocycles. The summed E-state index contributed by atoms with van der Waals surface area (Å²) in [6.45, 7) is 0.319. The minimum absolute atomic E-state index is 0.0433. The van der Waals surface area contributed by atoms with Crippen LogP contribution in [0.2, 0.25) is 0 Å². The van der Waals surface area contributed by atoms with Gasteiger partial charge < -0.3 is 5.32 Å². The number of benzene rings is 1. The van der Waals surface area contributed by atoms with Crippen LogP contribution in [0.5, 0.6) is 0 Å². The monoisotopic (exact) mass is 397 g/mol. The van der Waals surface area contributed by atoms with Crippen LogP contribution in [0.1, 0.15) is 28.8 Å². The summed E-state index contributed by atoms with van der Waals surface area (Å²) in [4.78, 5) is 20.8. The molecule has 1 amide bonds. The van der Waals surface area contributed by atoms with Crippen molar-refractivity contribution in [1.82, 2.24) is 24.6 Å². The maximum Gasteiger partial charge on any atom is 0.251 e. The zero-order chi connectivity index (χ0) is 19.6. The number of amides is 1. The molecule has 1 fully saturated rings. The van der Waals surface area contributed by atoms with E-state index < -0.39 is 10.0 Å². The van der Waals surface area contributed by atoms with Gasteiger partial charge in [-0.1, -0.05) is 6.07 Å². The second-order valence-corrected chi connectivity index (χ2v) is 8.31. The average molecular weight is 397 g/mol. The van der Waals surface area contributed by atoms with Crippen molar-refractivity contribution < 1.29 is 13.2 Å². The molecule has 0 aliphatic heterocycles. The van der Waals surface area contributed by atoms with Crippen molar-refractivity contribution in [3.63, 3.8) is 0 Å². The lowest BCUT2D eigenvalue weighted by Crippen LogP contribution is -2.26. The van der Waals surface area contributed by atoms with Gasteiger partial charge >= 0.3 is 0 Å². The zero-order valence-corrected chi connectivity index (χ0v) is 15.8. The van der Waals surface area contributed by atoms with Gasteiger partial charge in [0.1, 0.15) is 12.1 Å². The van der Waals surface area contributed by atoms with E-state index in [9.17, 15) is 13.2 Å². The Morgan fingerprint density at radius 2 is 1.93 bits per heavy atom. The summed E-state index contributed by atoms with van der Waals surface area (Å²) in [5.41, 5.74) is 1.25. The van der Waals surface area contributed by atoms with Gasteiger partial charge in [0.25, 0.3) is 5.91 Å². The van der Waals surface area contributed by atoms with Crippen molar-refractivity contribution >= 4 is 15.9 Å². The number of nitrogens with one attached hydrogen (secondary N) is 2. The van der Waals surface area contributed by atoms with Gasteiger partial charge in [-0.15, -0.1) is 0 Å². The fraction of sp³-hybridized carbons (Fsp3) is 0.211. The molecule has 9 heteroatoms. The van der Waals surface area contributed by atoms with Crippen LogP contribution in [0.15, 0.2) is 66.2 Å². The van der Waals surface area contributed by atoms with Gasteiger partial charge in [-0.25, -0.2) is 23.1 Å². The molecule has 1 aliphatic carbocycles. The Balaban J connectivity index is 1.36. The molecule has 0 unspecified atom stereocenters. The van der Waals surface area contributed by atoms with Crippen molar-refractivity contribution in [1.29, 1.82) is 0 Å². The predicted octanol–water partition coefficient (Wildman–Crippen LogP) is 1.64. The molecule has 1 saturated carbocycles. The first-order chi connectivity index (χ1) is 13.5. The van der Waals surface area contributed by atoms with Crippen molar-refractivity contribution in [2.75, 3.05) is 0 Å². The molecule has 1 aliphatic rings. The van der Waals surface area contributed by atoms with Crippen LogP contribution >= 0.6 is 0 Å². The maximum atomic E-state index is 12.3. The molecule has 8 nitrogen and oxygen atoms in total. The highest BCUT2D eigenvalue weighted by atomic mass is 32.2. The normalized spacial score (nSPS) is 14.0. The smallest absolute Gasteiger partial charge is 0.251 e. The van der Waals surface area contributed by atoms with Crippen molar-refractivity contribution in [3.05, 3.63) is 72.4 Å². The lowest BCUT2D eigenvalue weighted by Gasteiger charge is -2.08. The first-order valence-electron chi connectivity index (χ1n) is 8.85. The number of hydrogen-bond donors (Lipinski definition) is 2. The molecule has 0 spiro atoms. The molecule has 3 aromatic rings. The van der Waals surface area contributed by atoms with Crippen LogP contribution in [0.25, 0.3) is 5.82 Å². The third-order valence-corrected chi connectivity index (χ3v) is 5.89. The molecule has 0 bridgehead atoms. The van der Waals surface area contributed by atoms with Gasteiger partial charge in [-0.05, 0) is 48.7 Å². The van der Waals surface area contributed by atoms with Gasteiger partial charge in [-0.2, -0.15) is 0 Å². The summed E-state index contributed by atoms with van der Waals surface area (Å²) in [5, 5.41) is 2.81. The minimum atomic E-state index is -3.51. The van der Waals surface area contributed by atoms with Gasteiger partial charge in [0.05, 0.1) is 4.90 Å². The Bertz CT molecular complexity index is 1060. The van der Waals surface area contributed by atoms with Crippen LogP contribution in [-0.4, -0.2) is 34.9 Å². The SMILES string of the molecule is O=C(NCc1ccc(-n2ccnc2)nc1)c1ccc(S(=O)(=O)NC2CC2)cc1. The van der Waals surface area contributed by atoms with E-state index in [1.54, 1.807) is 29.5 Å². The van der Waals surface area contributed by atoms with E-state index in [1.165, 1.54) is 24.3 Å². The highest BCUT2D eigenvalue weighted by Gasteiger charge is 2.27. The number of carbonyl (C=O) groups is 1. The molecular formula is C19H19N5O3S. The van der Waals surface area contributed by atoms with E-state index in [4.69, 9.17) is 0 Å². The van der Waals surface area contributed by atoms with Crippen LogP contribution in [0.4, 0.5) is 0 Å². The predicted molar refractivity (Wildman–Crippen MR) is 102 cm³/mol. The largest absolute Gasteiger partial charge is 0.348 e. The lowest BCUT2D eigenvalue weighted by molar-refractivity contribution is 0.0951. The topological polar surface area (TPSA) is 106 Å². The number of pyridine rings is 1. The van der Waals surface area contributed by atoms with Crippen LogP contribution in [-0.2, 0) is 16.6 Å². The number of sulfonamides is 1. The van der Waals surface area contributed by atoms with E-state index in [1.807, 2.05) is 12.1 Å². The number of aromatic nitrogens is 3. The molecule has 2 aromatic heterocycles. The van der Waals surface area contributed by atoms with E-state index in [0.717, 1.165) is 24.2 Å². The van der Waals surface area contributed by atoms with Crippen LogP contribution < -0.4 is 10.0 Å². The van der Waals surface area contributed by atoms with Gasteiger partial charge in [-0.3, -0.25) is 9.36 Å². The Morgan fingerprint density at radius 1 is 1.14 bits per heavy atom. The fourth-order valence-corrected chi connectivity index (χ4v) is 3.93. The molecule has 0 radical (unpaired) electrons. The summed E-state index contributed by atoms with van der Waals surface area (Å²) in [6.07, 6.45) is 8.57. The molecular weight excluding hydrogens is 378 g/mol.